The molecular formula is C7H17O2Si. The highest BCUT2D eigenvalue weighted by molar-refractivity contribution is 6.69. The predicted molar refractivity (Wildman–Crippen MR) is 44.8 cm³/mol. The Morgan fingerprint density at radius 2 is 1.60 bits per heavy atom. The summed E-state index contributed by atoms with van der Waals surface area (Å²) in [5.41, 5.74) is 0. The molecule has 0 aromatic carbocycles. The van der Waals surface area contributed by atoms with Crippen LogP contribution in [0.2, 0.25) is 6.55 Å². The minimum Gasteiger partial charge on any atom is -0.394 e. The molecule has 0 spiro atoms. The third-order valence-corrected chi connectivity index (χ3v) is 4.16. The molecule has 0 aliphatic heterocycles. The summed E-state index contributed by atoms with van der Waals surface area (Å²) in [6.45, 7) is 9.53. The van der Waals surface area contributed by atoms with Gasteiger partial charge < -0.3 is 8.85 Å². The van der Waals surface area contributed by atoms with Crippen molar-refractivity contribution in [2.24, 2.45) is 0 Å². The maximum atomic E-state index is 5.48. The summed E-state index contributed by atoms with van der Waals surface area (Å²) in [7, 11) is -1.85. The van der Waals surface area contributed by atoms with E-state index in [0.717, 1.165) is 13.2 Å². The highest BCUT2D eigenvalue weighted by atomic mass is 28.4. The van der Waals surface area contributed by atoms with Crippen LogP contribution in [-0.4, -0.2) is 21.8 Å². The first-order valence-corrected chi connectivity index (χ1v) is 6.16. The van der Waals surface area contributed by atoms with E-state index in [1.165, 1.54) is 0 Å². The molecule has 0 aromatic heterocycles. The topological polar surface area (TPSA) is 18.5 Å². The average molecular weight is 161 g/mol. The Morgan fingerprint density at radius 1 is 1.20 bits per heavy atom. The van der Waals surface area contributed by atoms with E-state index in [-0.39, 0.29) is 0 Å². The van der Waals surface area contributed by atoms with Gasteiger partial charge in [-0.2, -0.15) is 0 Å². The van der Waals surface area contributed by atoms with Gasteiger partial charge in [0.1, 0.15) is 0 Å². The van der Waals surface area contributed by atoms with Crippen molar-refractivity contribution in [3.05, 3.63) is 6.04 Å². The zero-order valence-corrected chi connectivity index (χ0v) is 8.31. The summed E-state index contributed by atoms with van der Waals surface area (Å²) >= 11 is 0. The average Bonchev–Trinajstić information content (AvgIpc) is 1.89. The van der Waals surface area contributed by atoms with Crippen LogP contribution in [0.1, 0.15) is 20.8 Å². The SMILES string of the molecule is C[CH][Si](C)(OCC)OCC. The van der Waals surface area contributed by atoms with Crippen molar-refractivity contribution in [3.8, 4) is 0 Å². The summed E-state index contributed by atoms with van der Waals surface area (Å²) < 4.78 is 11.0. The van der Waals surface area contributed by atoms with Crippen molar-refractivity contribution >= 4 is 8.56 Å². The minimum atomic E-state index is -1.85. The van der Waals surface area contributed by atoms with Crippen molar-refractivity contribution in [1.82, 2.24) is 0 Å². The zero-order valence-electron chi connectivity index (χ0n) is 7.31. The summed E-state index contributed by atoms with van der Waals surface area (Å²) in [6.07, 6.45) is 0. The van der Waals surface area contributed by atoms with Gasteiger partial charge in [0.15, 0.2) is 0 Å². The highest BCUT2D eigenvalue weighted by Gasteiger charge is 2.27. The van der Waals surface area contributed by atoms with Gasteiger partial charge in [-0.05, 0) is 20.4 Å². The second-order valence-corrected chi connectivity index (χ2v) is 5.36. The van der Waals surface area contributed by atoms with E-state index in [2.05, 4.69) is 12.6 Å². The van der Waals surface area contributed by atoms with Gasteiger partial charge >= 0.3 is 8.56 Å². The van der Waals surface area contributed by atoms with Crippen molar-refractivity contribution in [2.45, 2.75) is 27.3 Å². The normalized spacial score (nSPS) is 12.0. The third kappa shape index (κ3) is 3.34. The Hall–Kier alpha value is 0.137. The molecular weight excluding hydrogens is 144 g/mol. The molecule has 0 saturated carbocycles. The zero-order chi connectivity index (χ0) is 8.04. The first-order chi connectivity index (χ1) is 4.68. The lowest BCUT2D eigenvalue weighted by atomic mass is 10.9. The van der Waals surface area contributed by atoms with Crippen LogP contribution in [0.25, 0.3) is 0 Å². The molecule has 0 aliphatic carbocycles. The van der Waals surface area contributed by atoms with Crippen LogP contribution in [-0.2, 0) is 8.85 Å². The lowest BCUT2D eigenvalue weighted by molar-refractivity contribution is 0.197. The monoisotopic (exact) mass is 161 g/mol. The largest absolute Gasteiger partial charge is 0.394 e. The van der Waals surface area contributed by atoms with E-state index in [4.69, 9.17) is 8.85 Å². The van der Waals surface area contributed by atoms with E-state index < -0.39 is 8.56 Å². The molecule has 0 unspecified atom stereocenters. The second kappa shape index (κ2) is 4.88. The first kappa shape index (κ1) is 10.1. The van der Waals surface area contributed by atoms with Crippen molar-refractivity contribution in [3.63, 3.8) is 0 Å². The third-order valence-electron chi connectivity index (χ3n) is 1.39. The molecule has 10 heavy (non-hydrogen) atoms. The van der Waals surface area contributed by atoms with Crippen molar-refractivity contribution in [2.75, 3.05) is 13.2 Å². The van der Waals surface area contributed by atoms with Gasteiger partial charge in [0, 0.05) is 19.3 Å². The number of rotatable bonds is 5. The quantitative estimate of drug-likeness (QED) is 0.573. The molecule has 1 radical (unpaired) electrons. The molecule has 0 bridgehead atoms. The molecule has 3 heteroatoms. The fourth-order valence-corrected chi connectivity index (χ4v) is 2.34. The van der Waals surface area contributed by atoms with E-state index in [1.54, 1.807) is 0 Å². The van der Waals surface area contributed by atoms with Gasteiger partial charge in [-0.3, -0.25) is 0 Å². The van der Waals surface area contributed by atoms with Crippen molar-refractivity contribution in [1.29, 1.82) is 0 Å². The Labute approximate surface area is 64.8 Å². The van der Waals surface area contributed by atoms with Gasteiger partial charge in [0.05, 0.1) is 0 Å². The Bertz CT molecular complexity index is 79.7. The smallest absolute Gasteiger partial charge is 0.338 e. The van der Waals surface area contributed by atoms with E-state index in [0.29, 0.717) is 0 Å². The van der Waals surface area contributed by atoms with Crippen LogP contribution in [0.4, 0.5) is 0 Å². The van der Waals surface area contributed by atoms with Gasteiger partial charge in [-0.15, -0.1) is 0 Å². The summed E-state index contributed by atoms with van der Waals surface area (Å²) in [5.74, 6) is 0. The van der Waals surface area contributed by atoms with Gasteiger partial charge in [0.25, 0.3) is 0 Å². The molecule has 0 saturated heterocycles. The molecule has 0 amide bonds. The van der Waals surface area contributed by atoms with Crippen LogP contribution in [0, 0.1) is 6.04 Å². The van der Waals surface area contributed by atoms with E-state index in [9.17, 15) is 0 Å². The van der Waals surface area contributed by atoms with E-state index in [1.807, 2.05) is 20.8 Å². The molecule has 0 aromatic rings. The fraction of sp³-hybridized carbons (Fsp3) is 0.857. The van der Waals surface area contributed by atoms with Crippen LogP contribution in [0.3, 0.4) is 0 Å². The molecule has 2 nitrogen and oxygen atoms in total. The molecule has 0 fully saturated rings. The molecule has 0 heterocycles. The maximum absolute atomic E-state index is 5.48. The van der Waals surface area contributed by atoms with Crippen LogP contribution in [0.15, 0.2) is 0 Å². The summed E-state index contributed by atoms with van der Waals surface area (Å²) in [4.78, 5) is 0. The fourth-order valence-electron chi connectivity index (χ4n) is 0.782. The predicted octanol–water partition coefficient (Wildman–Crippen LogP) is 1.89. The molecule has 61 valence electrons. The van der Waals surface area contributed by atoms with Gasteiger partial charge in [-0.25, -0.2) is 0 Å². The molecule has 0 atom stereocenters. The molecule has 0 N–H and O–H groups in total. The Kier molecular flexibility index (Phi) is 4.94. The lowest BCUT2D eigenvalue weighted by Crippen LogP contribution is -2.38. The van der Waals surface area contributed by atoms with Crippen LogP contribution >= 0.6 is 0 Å². The Balaban J connectivity index is 3.69. The molecule has 0 aliphatic rings. The van der Waals surface area contributed by atoms with Crippen LogP contribution < -0.4 is 0 Å². The summed E-state index contributed by atoms with van der Waals surface area (Å²) in [5, 5.41) is 0. The first-order valence-electron chi connectivity index (χ1n) is 3.77. The number of hydrogen-bond donors (Lipinski definition) is 0. The standard InChI is InChI=1S/C7H17O2Si/c1-5-8-10(4,7-3)9-6-2/h7H,5-6H2,1-4H3. The summed E-state index contributed by atoms with van der Waals surface area (Å²) in [6, 6.07) is 2.06. The van der Waals surface area contributed by atoms with E-state index >= 15 is 0 Å². The van der Waals surface area contributed by atoms with Crippen molar-refractivity contribution < 1.29 is 8.85 Å². The Morgan fingerprint density at radius 3 is 1.80 bits per heavy atom. The lowest BCUT2D eigenvalue weighted by Gasteiger charge is -2.23. The van der Waals surface area contributed by atoms with Crippen LogP contribution in [0.5, 0.6) is 0 Å². The second-order valence-electron chi connectivity index (χ2n) is 2.17. The van der Waals surface area contributed by atoms with Gasteiger partial charge in [0.2, 0.25) is 0 Å². The van der Waals surface area contributed by atoms with Gasteiger partial charge in [-0.1, -0.05) is 6.92 Å². The highest BCUT2D eigenvalue weighted by Crippen LogP contribution is 2.09. The maximum Gasteiger partial charge on any atom is 0.338 e. The number of hydrogen-bond acceptors (Lipinski definition) is 2. The minimum absolute atomic E-state index is 0.743. The molecule has 0 rings (SSSR count).